The molecule has 29 heavy (non-hydrogen) atoms. The van der Waals surface area contributed by atoms with Crippen molar-refractivity contribution in [3.05, 3.63) is 89.5 Å². The molecule has 148 valence electrons. The molecule has 0 fully saturated rings. The highest BCUT2D eigenvalue weighted by atomic mass is 32.2. The molecule has 0 aliphatic heterocycles. The van der Waals surface area contributed by atoms with E-state index in [1.54, 1.807) is 18.2 Å². The van der Waals surface area contributed by atoms with E-state index in [0.717, 1.165) is 16.2 Å². The summed E-state index contributed by atoms with van der Waals surface area (Å²) in [5.41, 5.74) is 3.02. The highest BCUT2D eigenvalue weighted by Gasteiger charge is 2.09. The average molecular weight is 406 g/mol. The van der Waals surface area contributed by atoms with Crippen LogP contribution in [0.25, 0.3) is 0 Å². The lowest BCUT2D eigenvalue weighted by Gasteiger charge is -2.08. The Kier molecular flexibility index (Phi) is 7.09. The van der Waals surface area contributed by atoms with Crippen molar-refractivity contribution in [2.75, 3.05) is 17.7 Å². The fourth-order valence-electron chi connectivity index (χ4n) is 2.79. The second-order valence-electron chi connectivity index (χ2n) is 6.52. The van der Waals surface area contributed by atoms with E-state index >= 15 is 0 Å². The van der Waals surface area contributed by atoms with Gasteiger partial charge in [0.15, 0.2) is 5.78 Å². The Morgan fingerprint density at radius 1 is 0.931 bits per heavy atom. The number of carbonyl (C=O) groups excluding carboxylic acids is 2. The van der Waals surface area contributed by atoms with Crippen LogP contribution < -0.4 is 10.1 Å². The summed E-state index contributed by atoms with van der Waals surface area (Å²) in [7, 11) is 0. The van der Waals surface area contributed by atoms with Crippen LogP contribution in [0.15, 0.2) is 77.7 Å². The first kappa shape index (κ1) is 20.7. The molecule has 0 aliphatic rings. The molecule has 0 aliphatic carbocycles. The number of rotatable bonds is 8. The van der Waals surface area contributed by atoms with E-state index < -0.39 is 0 Å². The van der Waals surface area contributed by atoms with Gasteiger partial charge in [0.2, 0.25) is 0 Å². The maximum absolute atomic E-state index is 12.4. The van der Waals surface area contributed by atoms with E-state index in [1.165, 1.54) is 11.8 Å². The molecule has 0 atom stereocenters. The number of thioether (sulfide) groups is 1. The molecule has 0 saturated carbocycles. The van der Waals surface area contributed by atoms with Gasteiger partial charge in [-0.25, -0.2) is 0 Å². The predicted molar refractivity (Wildman–Crippen MR) is 118 cm³/mol. The molecule has 3 aromatic rings. The maximum atomic E-state index is 12.4. The summed E-state index contributed by atoms with van der Waals surface area (Å²) in [6.07, 6.45) is 0. The van der Waals surface area contributed by atoms with Gasteiger partial charge in [0.1, 0.15) is 5.75 Å². The fourth-order valence-corrected chi connectivity index (χ4v) is 3.64. The Balaban J connectivity index is 1.59. The first-order chi connectivity index (χ1) is 14.0. The van der Waals surface area contributed by atoms with Crippen LogP contribution in [-0.2, 0) is 0 Å². The molecule has 0 bridgehead atoms. The van der Waals surface area contributed by atoms with E-state index in [4.69, 9.17) is 4.74 Å². The van der Waals surface area contributed by atoms with Gasteiger partial charge in [-0.15, -0.1) is 11.8 Å². The van der Waals surface area contributed by atoms with Gasteiger partial charge in [-0.05, 0) is 68.4 Å². The van der Waals surface area contributed by atoms with Crippen molar-refractivity contribution in [1.29, 1.82) is 0 Å². The third-order valence-electron chi connectivity index (χ3n) is 4.23. The summed E-state index contributed by atoms with van der Waals surface area (Å²) in [6, 6.07) is 22.2. The molecule has 5 heteroatoms. The molecule has 0 radical (unpaired) electrons. The van der Waals surface area contributed by atoms with Crippen LogP contribution in [0.3, 0.4) is 0 Å². The largest absolute Gasteiger partial charge is 0.494 e. The van der Waals surface area contributed by atoms with Crippen molar-refractivity contribution >= 4 is 29.1 Å². The van der Waals surface area contributed by atoms with E-state index in [-0.39, 0.29) is 11.7 Å². The van der Waals surface area contributed by atoms with E-state index in [1.807, 2.05) is 68.4 Å². The lowest BCUT2D eigenvalue weighted by atomic mass is 10.1. The Morgan fingerprint density at radius 3 is 2.41 bits per heavy atom. The topological polar surface area (TPSA) is 55.4 Å². The van der Waals surface area contributed by atoms with Gasteiger partial charge in [0, 0.05) is 21.7 Å². The van der Waals surface area contributed by atoms with Gasteiger partial charge >= 0.3 is 0 Å². The zero-order valence-electron chi connectivity index (χ0n) is 16.5. The Bertz CT molecular complexity index is 999. The smallest absolute Gasteiger partial charge is 0.255 e. The minimum atomic E-state index is -0.152. The van der Waals surface area contributed by atoms with Crippen LogP contribution in [0.2, 0.25) is 0 Å². The predicted octanol–water partition coefficient (Wildman–Crippen LogP) is 5.62. The number of benzene rings is 3. The van der Waals surface area contributed by atoms with Crippen LogP contribution in [0.4, 0.5) is 5.69 Å². The Hall–Kier alpha value is -3.05. The van der Waals surface area contributed by atoms with Crippen LogP contribution in [0.5, 0.6) is 5.75 Å². The zero-order valence-corrected chi connectivity index (χ0v) is 17.3. The van der Waals surface area contributed by atoms with Gasteiger partial charge in [-0.2, -0.15) is 0 Å². The number of ether oxygens (including phenoxy) is 1. The number of hydrogen-bond donors (Lipinski definition) is 1. The molecule has 0 aromatic heterocycles. The third-order valence-corrected chi connectivity index (χ3v) is 5.22. The average Bonchev–Trinajstić information content (AvgIpc) is 2.73. The SMILES string of the molecule is CCOc1ccc(C(=O)CSc2cccc(NC(=O)c3cccc(C)c3)c2)cc1. The van der Waals surface area contributed by atoms with Gasteiger partial charge in [-0.3, -0.25) is 9.59 Å². The van der Waals surface area contributed by atoms with Crippen molar-refractivity contribution < 1.29 is 14.3 Å². The van der Waals surface area contributed by atoms with Gasteiger partial charge in [0.05, 0.1) is 12.4 Å². The number of hydrogen-bond acceptors (Lipinski definition) is 4. The molecule has 0 spiro atoms. The number of anilines is 1. The number of amides is 1. The van der Waals surface area contributed by atoms with E-state index in [9.17, 15) is 9.59 Å². The molecule has 0 heterocycles. The molecule has 1 N–H and O–H groups in total. The normalized spacial score (nSPS) is 10.4. The van der Waals surface area contributed by atoms with Crippen molar-refractivity contribution in [2.24, 2.45) is 0 Å². The van der Waals surface area contributed by atoms with Crippen LogP contribution in [-0.4, -0.2) is 24.1 Å². The van der Waals surface area contributed by atoms with Gasteiger partial charge in [0.25, 0.3) is 5.91 Å². The number of Topliss-reactive ketones (excluding diaryl/α,β-unsaturated/α-hetero) is 1. The molecular weight excluding hydrogens is 382 g/mol. The molecule has 3 rings (SSSR count). The van der Waals surface area contributed by atoms with Crippen molar-refractivity contribution in [3.63, 3.8) is 0 Å². The standard InChI is InChI=1S/C24H23NO3S/c1-3-28-21-12-10-18(11-13-21)23(26)16-29-22-9-5-8-20(15-22)25-24(27)19-7-4-6-17(2)14-19/h4-15H,3,16H2,1-2H3,(H,25,27). The minimum absolute atomic E-state index is 0.0484. The van der Waals surface area contributed by atoms with Crippen molar-refractivity contribution in [2.45, 2.75) is 18.7 Å². The molecule has 3 aromatic carbocycles. The molecular formula is C24H23NO3S. The molecule has 4 nitrogen and oxygen atoms in total. The van der Waals surface area contributed by atoms with Crippen molar-refractivity contribution in [1.82, 2.24) is 0 Å². The molecule has 0 unspecified atom stereocenters. The van der Waals surface area contributed by atoms with Gasteiger partial charge < -0.3 is 10.1 Å². The monoisotopic (exact) mass is 405 g/mol. The Morgan fingerprint density at radius 2 is 1.69 bits per heavy atom. The third kappa shape index (κ3) is 5.96. The minimum Gasteiger partial charge on any atom is -0.494 e. The summed E-state index contributed by atoms with van der Waals surface area (Å²) in [4.78, 5) is 25.8. The fraction of sp³-hybridized carbons (Fsp3) is 0.167. The highest BCUT2D eigenvalue weighted by Crippen LogP contribution is 2.23. The van der Waals surface area contributed by atoms with Gasteiger partial charge in [-0.1, -0.05) is 23.8 Å². The molecule has 1 amide bonds. The summed E-state index contributed by atoms with van der Waals surface area (Å²) in [5.74, 6) is 0.978. The summed E-state index contributed by atoms with van der Waals surface area (Å²) >= 11 is 1.45. The molecule has 0 saturated heterocycles. The highest BCUT2D eigenvalue weighted by molar-refractivity contribution is 8.00. The van der Waals surface area contributed by atoms with E-state index in [0.29, 0.717) is 29.2 Å². The zero-order chi connectivity index (χ0) is 20.6. The number of carbonyl (C=O) groups is 2. The quantitative estimate of drug-likeness (QED) is 0.390. The van der Waals surface area contributed by atoms with Crippen molar-refractivity contribution in [3.8, 4) is 5.75 Å². The maximum Gasteiger partial charge on any atom is 0.255 e. The second kappa shape index (κ2) is 9.94. The van der Waals surface area contributed by atoms with Crippen LogP contribution >= 0.6 is 11.8 Å². The number of nitrogens with one attached hydrogen (secondary N) is 1. The van der Waals surface area contributed by atoms with Crippen LogP contribution in [0.1, 0.15) is 33.2 Å². The number of ketones is 1. The summed E-state index contributed by atoms with van der Waals surface area (Å²) < 4.78 is 5.40. The van der Waals surface area contributed by atoms with E-state index in [2.05, 4.69) is 5.32 Å². The number of aryl methyl sites for hydroxylation is 1. The lowest BCUT2D eigenvalue weighted by molar-refractivity contribution is 0.101. The lowest BCUT2D eigenvalue weighted by Crippen LogP contribution is -2.11. The first-order valence-electron chi connectivity index (χ1n) is 9.42. The first-order valence-corrected chi connectivity index (χ1v) is 10.4. The summed E-state index contributed by atoms with van der Waals surface area (Å²) in [5, 5.41) is 2.91. The van der Waals surface area contributed by atoms with Crippen LogP contribution in [0, 0.1) is 6.92 Å². The Labute approximate surface area is 175 Å². The second-order valence-corrected chi connectivity index (χ2v) is 7.57. The summed E-state index contributed by atoms with van der Waals surface area (Å²) in [6.45, 7) is 4.47.